The molecule has 1 amide bonds. The lowest BCUT2D eigenvalue weighted by Crippen LogP contribution is -2.38. The van der Waals surface area contributed by atoms with Crippen molar-refractivity contribution in [3.63, 3.8) is 0 Å². The lowest BCUT2D eigenvalue weighted by Gasteiger charge is -2.25. The lowest BCUT2D eigenvalue weighted by atomic mass is 10.0. The summed E-state index contributed by atoms with van der Waals surface area (Å²) in [6, 6.07) is 10.5. The Hall–Kier alpha value is -1.03. The minimum Gasteiger partial charge on any atom is -0.447 e. The van der Waals surface area contributed by atoms with Crippen LogP contribution in [0.4, 0.5) is 4.79 Å². The van der Waals surface area contributed by atoms with E-state index in [1.54, 1.807) is 0 Å². The fourth-order valence-electron chi connectivity index (χ4n) is 3.14. The Balaban J connectivity index is 1.78. The molecule has 0 saturated carbocycles. The highest BCUT2D eigenvalue weighted by atomic mass is 79.9. The van der Waals surface area contributed by atoms with Crippen molar-refractivity contribution in [1.29, 1.82) is 0 Å². The molecule has 3 nitrogen and oxygen atoms in total. The second-order valence-corrected chi connectivity index (χ2v) is 7.36. The Morgan fingerprint density at radius 3 is 2.70 bits per heavy atom. The molecule has 0 N–H and O–H groups in total. The zero-order valence-corrected chi connectivity index (χ0v) is 15.6. The maximum Gasteiger partial charge on any atom is 0.410 e. The predicted molar refractivity (Wildman–Crippen MR) is 98.0 cm³/mol. The van der Waals surface area contributed by atoms with Crippen molar-refractivity contribution in [1.82, 2.24) is 4.90 Å². The fourth-order valence-corrected chi connectivity index (χ4v) is 3.53. The van der Waals surface area contributed by atoms with Gasteiger partial charge in [-0.25, -0.2) is 4.79 Å². The second-order valence-electron chi connectivity index (χ2n) is 6.57. The van der Waals surface area contributed by atoms with Crippen molar-refractivity contribution in [2.24, 2.45) is 5.92 Å². The highest BCUT2D eigenvalue weighted by Gasteiger charge is 2.33. The fraction of sp³-hybridized carbons (Fsp3) is 0.632. The van der Waals surface area contributed by atoms with E-state index in [0.717, 1.165) is 18.3 Å². The standard InChI is InChI=1S/C19H28BrNO2/c1-16(9-5-2-3-8-12-20)14-21-18(15-23-19(21)22)13-17-10-6-4-7-11-17/h4,6-7,10-11,16,18H,2-3,5,8-9,12-15H2,1H3/t16-,18-/m1/s1. The first-order chi connectivity index (χ1) is 11.2. The number of hydrogen-bond acceptors (Lipinski definition) is 2. The number of rotatable bonds is 10. The van der Waals surface area contributed by atoms with Crippen molar-refractivity contribution in [2.45, 2.75) is 51.5 Å². The van der Waals surface area contributed by atoms with E-state index in [1.165, 1.54) is 37.7 Å². The third-order valence-corrected chi connectivity index (χ3v) is 5.04. The van der Waals surface area contributed by atoms with Gasteiger partial charge < -0.3 is 9.64 Å². The number of ether oxygens (including phenoxy) is 1. The summed E-state index contributed by atoms with van der Waals surface area (Å²) in [7, 11) is 0. The van der Waals surface area contributed by atoms with Gasteiger partial charge in [0.2, 0.25) is 0 Å². The molecular formula is C19H28BrNO2. The van der Waals surface area contributed by atoms with Crippen LogP contribution in [0.25, 0.3) is 0 Å². The van der Waals surface area contributed by atoms with E-state index in [0.29, 0.717) is 12.5 Å². The van der Waals surface area contributed by atoms with Crippen molar-refractivity contribution in [3.8, 4) is 0 Å². The van der Waals surface area contributed by atoms with Crippen molar-refractivity contribution < 1.29 is 9.53 Å². The molecule has 1 aromatic carbocycles. The maximum absolute atomic E-state index is 12.0. The van der Waals surface area contributed by atoms with Gasteiger partial charge in [-0.15, -0.1) is 0 Å². The molecule has 1 aliphatic heterocycles. The molecule has 1 fully saturated rings. The molecule has 1 saturated heterocycles. The SMILES string of the molecule is C[C@H](CCCCCCBr)CN1C(=O)OC[C@H]1Cc1ccccc1. The number of carbonyl (C=O) groups is 1. The first-order valence-electron chi connectivity index (χ1n) is 8.74. The summed E-state index contributed by atoms with van der Waals surface area (Å²) in [5, 5.41) is 1.10. The average Bonchev–Trinajstić information content (AvgIpc) is 2.89. The molecule has 0 unspecified atom stereocenters. The summed E-state index contributed by atoms with van der Waals surface area (Å²) in [6.07, 6.45) is 7.01. The molecule has 4 heteroatoms. The van der Waals surface area contributed by atoms with Crippen molar-refractivity contribution in [3.05, 3.63) is 35.9 Å². The van der Waals surface area contributed by atoms with Crippen LogP contribution in [0.2, 0.25) is 0 Å². The second kappa shape index (κ2) is 9.96. The largest absolute Gasteiger partial charge is 0.447 e. The topological polar surface area (TPSA) is 29.5 Å². The van der Waals surface area contributed by atoms with Crippen LogP contribution >= 0.6 is 15.9 Å². The van der Waals surface area contributed by atoms with Crippen LogP contribution < -0.4 is 0 Å². The molecule has 0 spiro atoms. The lowest BCUT2D eigenvalue weighted by molar-refractivity contribution is 0.152. The van der Waals surface area contributed by atoms with E-state index in [-0.39, 0.29) is 12.1 Å². The van der Waals surface area contributed by atoms with Crippen LogP contribution in [0, 0.1) is 5.92 Å². The van der Waals surface area contributed by atoms with E-state index in [9.17, 15) is 4.79 Å². The summed E-state index contributed by atoms with van der Waals surface area (Å²) in [5.74, 6) is 0.530. The molecule has 128 valence electrons. The van der Waals surface area contributed by atoms with E-state index in [4.69, 9.17) is 4.74 Å². The predicted octanol–water partition coefficient (Wildman–Crippen LogP) is 5.03. The minimum absolute atomic E-state index is 0.142. The monoisotopic (exact) mass is 381 g/mol. The number of alkyl halides is 1. The highest BCUT2D eigenvalue weighted by Crippen LogP contribution is 2.21. The Morgan fingerprint density at radius 2 is 1.96 bits per heavy atom. The average molecular weight is 382 g/mol. The van der Waals surface area contributed by atoms with Gasteiger partial charge in [0, 0.05) is 11.9 Å². The Labute approximate surface area is 148 Å². The molecule has 2 atom stereocenters. The smallest absolute Gasteiger partial charge is 0.410 e. The van der Waals surface area contributed by atoms with E-state index < -0.39 is 0 Å². The zero-order chi connectivity index (χ0) is 16.5. The van der Waals surface area contributed by atoms with E-state index in [1.807, 2.05) is 23.1 Å². The molecule has 2 rings (SSSR count). The number of cyclic esters (lactones) is 1. The number of hydrogen-bond donors (Lipinski definition) is 0. The molecule has 1 aromatic rings. The van der Waals surface area contributed by atoms with Gasteiger partial charge in [0.05, 0.1) is 6.04 Å². The number of halogens is 1. The summed E-state index contributed by atoms with van der Waals surface area (Å²) >= 11 is 3.47. The van der Waals surface area contributed by atoms with Gasteiger partial charge in [-0.1, -0.05) is 72.4 Å². The summed E-state index contributed by atoms with van der Waals surface area (Å²) in [4.78, 5) is 14.0. The van der Waals surface area contributed by atoms with Gasteiger partial charge in [0.25, 0.3) is 0 Å². The maximum atomic E-state index is 12.0. The molecule has 1 heterocycles. The van der Waals surface area contributed by atoms with Gasteiger partial charge in [-0.3, -0.25) is 0 Å². The number of carbonyl (C=O) groups excluding carboxylic acids is 1. The third kappa shape index (κ3) is 6.17. The van der Waals surface area contributed by atoms with Gasteiger partial charge >= 0.3 is 6.09 Å². The van der Waals surface area contributed by atoms with E-state index >= 15 is 0 Å². The van der Waals surface area contributed by atoms with Crippen molar-refractivity contribution in [2.75, 3.05) is 18.5 Å². The van der Waals surface area contributed by atoms with Gasteiger partial charge in [-0.2, -0.15) is 0 Å². The van der Waals surface area contributed by atoms with Gasteiger partial charge in [0.1, 0.15) is 6.61 Å². The number of amides is 1. The van der Waals surface area contributed by atoms with Crippen LogP contribution in [0.3, 0.4) is 0 Å². The number of unbranched alkanes of at least 4 members (excludes halogenated alkanes) is 3. The molecular weight excluding hydrogens is 354 g/mol. The van der Waals surface area contributed by atoms with Gasteiger partial charge in [0.15, 0.2) is 0 Å². The Bertz CT molecular complexity index is 466. The van der Waals surface area contributed by atoms with Crippen LogP contribution in [0.1, 0.15) is 44.6 Å². The highest BCUT2D eigenvalue weighted by molar-refractivity contribution is 9.09. The van der Waals surface area contributed by atoms with Crippen LogP contribution in [0.15, 0.2) is 30.3 Å². The van der Waals surface area contributed by atoms with Crippen LogP contribution in [0.5, 0.6) is 0 Å². The minimum atomic E-state index is -0.142. The quantitative estimate of drug-likeness (QED) is 0.420. The Kier molecular flexibility index (Phi) is 7.93. The van der Waals surface area contributed by atoms with Gasteiger partial charge in [-0.05, 0) is 30.7 Å². The first kappa shape index (κ1) is 18.3. The molecule has 0 aliphatic carbocycles. The molecule has 0 aromatic heterocycles. The molecule has 0 radical (unpaired) electrons. The number of benzene rings is 1. The van der Waals surface area contributed by atoms with Crippen LogP contribution in [-0.4, -0.2) is 35.5 Å². The number of nitrogens with zero attached hydrogens (tertiary/aromatic N) is 1. The summed E-state index contributed by atoms with van der Waals surface area (Å²) in [5.41, 5.74) is 1.27. The van der Waals surface area contributed by atoms with E-state index in [2.05, 4.69) is 35.0 Å². The summed E-state index contributed by atoms with van der Waals surface area (Å²) in [6.45, 7) is 3.58. The molecule has 1 aliphatic rings. The van der Waals surface area contributed by atoms with Crippen molar-refractivity contribution >= 4 is 22.0 Å². The molecule has 23 heavy (non-hydrogen) atoms. The normalized spacial score (nSPS) is 19.0. The first-order valence-corrected chi connectivity index (χ1v) is 9.86. The summed E-state index contributed by atoms with van der Waals surface area (Å²) < 4.78 is 5.29. The zero-order valence-electron chi connectivity index (χ0n) is 14.0. The third-order valence-electron chi connectivity index (χ3n) is 4.48. The molecule has 0 bridgehead atoms. The van der Waals surface area contributed by atoms with Crippen LogP contribution in [-0.2, 0) is 11.2 Å². The Morgan fingerprint density at radius 1 is 1.22 bits per heavy atom.